The highest BCUT2D eigenvalue weighted by Crippen LogP contribution is 2.43. The van der Waals surface area contributed by atoms with Crippen LogP contribution in [0.3, 0.4) is 0 Å². The van der Waals surface area contributed by atoms with Crippen molar-refractivity contribution in [2.75, 3.05) is 13.2 Å². The molecule has 190 valence electrons. The highest BCUT2D eigenvalue weighted by molar-refractivity contribution is 6.30. The second-order valence-corrected chi connectivity index (χ2v) is 9.00. The molecule has 0 aromatic heterocycles. The molecule has 2 N–H and O–H groups in total. The molecule has 37 heavy (non-hydrogen) atoms. The van der Waals surface area contributed by atoms with Crippen molar-refractivity contribution in [2.24, 2.45) is 5.73 Å². The molecular weight excluding hydrogens is 492 g/mol. The van der Waals surface area contributed by atoms with Crippen LogP contribution >= 0.6 is 11.6 Å². The third-order valence-corrected chi connectivity index (χ3v) is 6.12. The van der Waals surface area contributed by atoms with Gasteiger partial charge in [0.05, 0.1) is 12.5 Å². The van der Waals surface area contributed by atoms with Crippen LogP contribution in [0, 0.1) is 18.3 Å². The third-order valence-electron chi connectivity index (χ3n) is 5.88. The zero-order chi connectivity index (χ0) is 26.4. The van der Waals surface area contributed by atoms with Crippen molar-refractivity contribution in [3.63, 3.8) is 0 Å². The fourth-order valence-corrected chi connectivity index (χ4v) is 4.23. The summed E-state index contributed by atoms with van der Waals surface area (Å²) in [4.78, 5) is 12.4. The van der Waals surface area contributed by atoms with Crippen molar-refractivity contribution in [3.8, 4) is 29.1 Å². The first-order chi connectivity index (χ1) is 17.9. The van der Waals surface area contributed by atoms with E-state index < -0.39 is 11.9 Å². The van der Waals surface area contributed by atoms with Crippen LogP contribution in [0.4, 0.5) is 0 Å². The van der Waals surface area contributed by atoms with Gasteiger partial charge in [-0.15, -0.1) is 0 Å². The smallest absolute Gasteiger partial charge is 0.349 e. The maximum Gasteiger partial charge on any atom is 0.349 e. The van der Waals surface area contributed by atoms with Gasteiger partial charge in [-0.1, -0.05) is 43.1 Å². The van der Waals surface area contributed by atoms with Crippen LogP contribution in [0.1, 0.15) is 42.4 Å². The number of allylic oxidation sites excluding steroid dienone is 1. The summed E-state index contributed by atoms with van der Waals surface area (Å²) in [6.07, 6.45) is 2.03. The SMILES string of the molecule is CCCCOc1ccc(C2C(C#N)=C(N)Oc3cc(OC(=O)COc4ccc(Cl)cc4C)ccc32)cc1. The van der Waals surface area contributed by atoms with Crippen LogP contribution in [0.2, 0.25) is 5.02 Å². The molecule has 7 nitrogen and oxygen atoms in total. The minimum absolute atomic E-state index is 0.00768. The second kappa shape index (κ2) is 11.7. The quantitative estimate of drug-likeness (QED) is 0.209. The number of carbonyl (C=O) groups is 1. The zero-order valence-electron chi connectivity index (χ0n) is 20.6. The van der Waals surface area contributed by atoms with E-state index in [0.29, 0.717) is 28.7 Å². The van der Waals surface area contributed by atoms with Crippen LogP contribution in [-0.2, 0) is 4.79 Å². The molecular formula is C29H27ClN2O5. The number of carbonyl (C=O) groups excluding carboxylic acids is 1. The van der Waals surface area contributed by atoms with Crippen molar-refractivity contribution >= 4 is 17.6 Å². The lowest BCUT2D eigenvalue weighted by atomic mass is 9.83. The van der Waals surface area contributed by atoms with Gasteiger partial charge in [-0.25, -0.2) is 4.79 Å². The molecule has 1 heterocycles. The molecule has 1 aliphatic rings. The fraction of sp³-hybridized carbons (Fsp3) is 0.241. The summed E-state index contributed by atoms with van der Waals surface area (Å²) >= 11 is 5.96. The lowest BCUT2D eigenvalue weighted by Gasteiger charge is -2.26. The molecule has 0 saturated heterocycles. The van der Waals surface area contributed by atoms with Crippen molar-refractivity contribution in [1.29, 1.82) is 5.26 Å². The number of halogens is 1. The summed E-state index contributed by atoms with van der Waals surface area (Å²) < 4.78 is 22.5. The summed E-state index contributed by atoms with van der Waals surface area (Å²) in [5, 5.41) is 10.4. The Hall–Kier alpha value is -4.15. The van der Waals surface area contributed by atoms with Crippen molar-refractivity contribution in [1.82, 2.24) is 0 Å². The molecule has 0 bridgehead atoms. The minimum Gasteiger partial charge on any atom is -0.494 e. The van der Waals surface area contributed by atoms with Crippen LogP contribution in [0.15, 0.2) is 72.1 Å². The molecule has 1 aliphatic heterocycles. The molecule has 1 atom stereocenters. The third kappa shape index (κ3) is 6.16. The number of rotatable bonds is 9. The standard InChI is InChI=1S/C29H27ClN2O5/c1-3-4-13-34-21-8-5-19(6-9-21)28-23-11-10-22(15-26(23)37-29(32)24(28)16-31)36-27(33)17-35-25-12-7-20(30)14-18(25)2/h5-12,14-15,28H,3-4,13,17,32H2,1-2H3. The Morgan fingerprint density at radius 3 is 2.54 bits per heavy atom. The van der Waals surface area contributed by atoms with Crippen LogP contribution in [0.5, 0.6) is 23.0 Å². The van der Waals surface area contributed by atoms with Crippen LogP contribution < -0.4 is 24.7 Å². The number of aryl methyl sites for hydroxylation is 1. The first kappa shape index (κ1) is 25.9. The van der Waals surface area contributed by atoms with Crippen LogP contribution in [0.25, 0.3) is 0 Å². The number of nitriles is 1. The number of hydrogen-bond donors (Lipinski definition) is 1. The fourth-order valence-electron chi connectivity index (χ4n) is 4.01. The summed E-state index contributed by atoms with van der Waals surface area (Å²) in [5.41, 5.74) is 8.82. The van der Waals surface area contributed by atoms with E-state index in [1.807, 2.05) is 31.2 Å². The number of nitrogens with two attached hydrogens (primary N) is 1. The molecule has 4 rings (SSSR count). The number of benzene rings is 3. The van der Waals surface area contributed by atoms with Gasteiger partial charge in [0.1, 0.15) is 34.6 Å². The lowest BCUT2D eigenvalue weighted by Crippen LogP contribution is -2.21. The Kier molecular flexibility index (Phi) is 8.22. The minimum atomic E-state index is -0.582. The van der Waals surface area contributed by atoms with Crippen LogP contribution in [-0.4, -0.2) is 19.2 Å². The van der Waals surface area contributed by atoms with Crippen molar-refractivity contribution in [2.45, 2.75) is 32.6 Å². The zero-order valence-corrected chi connectivity index (χ0v) is 21.4. The van der Waals surface area contributed by atoms with E-state index in [1.54, 1.807) is 36.4 Å². The molecule has 3 aromatic carbocycles. The summed E-state index contributed by atoms with van der Waals surface area (Å²) in [5.74, 6) is 0.977. The lowest BCUT2D eigenvalue weighted by molar-refractivity contribution is -0.136. The topological polar surface area (TPSA) is 104 Å². The Morgan fingerprint density at radius 1 is 1.08 bits per heavy atom. The first-order valence-electron chi connectivity index (χ1n) is 11.9. The summed E-state index contributed by atoms with van der Waals surface area (Å²) in [6, 6.07) is 19.9. The average molecular weight is 519 g/mol. The largest absolute Gasteiger partial charge is 0.494 e. The van der Waals surface area contributed by atoms with Gasteiger partial charge in [0.25, 0.3) is 0 Å². The number of hydrogen-bond acceptors (Lipinski definition) is 7. The highest BCUT2D eigenvalue weighted by Gasteiger charge is 2.31. The maximum atomic E-state index is 12.4. The van der Waals surface area contributed by atoms with E-state index in [-0.39, 0.29) is 18.2 Å². The summed E-state index contributed by atoms with van der Waals surface area (Å²) in [6.45, 7) is 4.32. The van der Waals surface area contributed by atoms with E-state index >= 15 is 0 Å². The molecule has 0 radical (unpaired) electrons. The van der Waals surface area contributed by atoms with Gasteiger partial charge in [-0.05, 0) is 60.9 Å². The monoisotopic (exact) mass is 518 g/mol. The van der Waals surface area contributed by atoms with E-state index in [4.69, 9.17) is 36.3 Å². The summed E-state index contributed by atoms with van der Waals surface area (Å²) in [7, 11) is 0. The maximum absolute atomic E-state index is 12.4. The molecule has 0 fully saturated rings. The van der Waals surface area contributed by atoms with Gasteiger partial charge < -0.3 is 24.7 Å². The number of ether oxygens (including phenoxy) is 4. The number of fused-ring (bicyclic) bond motifs is 1. The van der Waals surface area contributed by atoms with E-state index in [0.717, 1.165) is 35.3 Å². The van der Waals surface area contributed by atoms with Crippen molar-refractivity contribution < 1.29 is 23.7 Å². The van der Waals surface area contributed by atoms with E-state index in [2.05, 4.69) is 13.0 Å². The number of esters is 1. The Labute approximate surface area is 221 Å². The van der Waals surface area contributed by atoms with Gasteiger partial charge in [0.15, 0.2) is 6.61 Å². The Morgan fingerprint density at radius 2 is 1.84 bits per heavy atom. The highest BCUT2D eigenvalue weighted by atomic mass is 35.5. The van der Waals surface area contributed by atoms with Gasteiger partial charge >= 0.3 is 5.97 Å². The molecule has 0 saturated carbocycles. The Bertz CT molecular complexity index is 1360. The van der Waals surface area contributed by atoms with Gasteiger partial charge in [-0.3, -0.25) is 0 Å². The van der Waals surface area contributed by atoms with Gasteiger partial charge in [0.2, 0.25) is 5.88 Å². The average Bonchev–Trinajstić information content (AvgIpc) is 2.88. The first-order valence-corrected chi connectivity index (χ1v) is 12.3. The second-order valence-electron chi connectivity index (χ2n) is 8.57. The molecule has 8 heteroatoms. The van der Waals surface area contributed by atoms with E-state index in [1.165, 1.54) is 0 Å². The number of nitrogens with zero attached hydrogens (tertiary/aromatic N) is 1. The molecule has 0 aliphatic carbocycles. The van der Waals surface area contributed by atoms with E-state index in [9.17, 15) is 10.1 Å². The molecule has 0 spiro atoms. The molecule has 1 unspecified atom stereocenters. The number of unbranched alkanes of at least 4 members (excludes halogenated alkanes) is 1. The molecule has 3 aromatic rings. The predicted molar refractivity (Wildman–Crippen MR) is 140 cm³/mol. The normalized spacial score (nSPS) is 14.3. The Balaban J connectivity index is 1.50. The molecule has 0 amide bonds. The van der Waals surface area contributed by atoms with Crippen molar-refractivity contribution in [3.05, 3.63) is 93.8 Å². The van der Waals surface area contributed by atoms with Gasteiger partial charge in [-0.2, -0.15) is 5.26 Å². The van der Waals surface area contributed by atoms with Gasteiger partial charge in [0, 0.05) is 16.7 Å². The predicted octanol–water partition coefficient (Wildman–Crippen LogP) is 6.03.